The number of aromatic nitrogens is 2. The molecular weight excluding hydrogens is 580 g/mol. The van der Waals surface area contributed by atoms with E-state index in [1.165, 1.54) is 0 Å². The molecule has 2 amide bonds. The van der Waals surface area contributed by atoms with Crippen molar-refractivity contribution in [2.45, 2.75) is 84.4 Å². The zero-order valence-electron chi connectivity index (χ0n) is 25.9. The van der Waals surface area contributed by atoms with Crippen LogP contribution in [0.3, 0.4) is 0 Å². The number of carboxylic acids is 2. The van der Waals surface area contributed by atoms with Crippen molar-refractivity contribution < 1.29 is 29.4 Å². The van der Waals surface area contributed by atoms with Gasteiger partial charge < -0.3 is 30.8 Å². The lowest BCUT2D eigenvalue weighted by atomic mass is 9.91. The fourth-order valence-electron chi connectivity index (χ4n) is 6.56. The molecule has 44 heavy (non-hydrogen) atoms. The minimum atomic E-state index is -0.904. The molecule has 0 unspecified atom stereocenters. The van der Waals surface area contributed by atoms with Gasteiger partial charge in [-0.3, -0.25) is 19.2 Å². The van der Waals surface area contributed by atoms with Crippen LogP contribution in [0.15, 0.2) is 29.5 Å². The van der Waals surface area contributed by atoms with Crippen molar-refractivity contribution >= 4 is 42.5 Å². The Morgan fingerprint density at radius 1 is 0.977 bits per heavy atom. The molecule has 236 valence electrons. The monoisotopic (exact) mass is 622 g/mol. The van der Waals surface area contributed by atoms with E-state index >= 15 is 0 Å². The van der Waals surface area contributed by atoms with Crippen LogP contribution in [-0.4, -0.2) is 55.2 Å². The number of nitrogens with one attached hydrogen (secondary N) is 4. The van der Waals surface area contributed by atoms with Gasteiger partial charge in [-0.1, -0.05) is 26.5 Å². The van der Waals surface area contributed by atoms with Gasteiger partial charge in [0.1, 0.15) is 0 Å². The van der Waals surface area contributed by atoms with E-state index in [9.17, 15) is 29.4 Å². The van der Waals surface area contributed by atoms with Crippen LogP contribution in [-0.2, 0) is 44.9 Å². The second-order valence-corrected chi connectivity index (χ2v) is 12.8. The van der Waals surface area contributed by atoms with Crippen LogP contribution in [0.1, 0.15) is 78.6 Å². The van der Waals surface area contributed by atoms with Crippen molar-refractivity contribution in [1.82, 2.24) is 20.6 Å². The first-order valence-electron chi connectivity index (χ1n) is 14.9. The van der Waals surface area contributed by atoms with Crippen LogP contribution in [0.5, 0.6) is 0 Å². The van der Waals surface area contributed by atoms with E-state index < -0.39 is 11.9 Å². The van der Waals surface area contributed by atoms with Gasteiger partial charge in [-0.05, 0) is 67.5 Å². The summed E-state index contributed by atoms with van der Waals surface area (Å²) in [7, 11) is 0. The van der Waals surface area contributed by atoms with E-state index in [1.54, 1.807) is 6.08 Å². The number of allylic oxidation sites excluding steroid dienone is 1. The lowest BCUT2D eigenvalue weighted by Crippen LogP contribution is -2.30. The number of hydrogen-bond donors (Lipinski definition) is 7. The molecule has 2 aromatic rings. The van der Waals surface area contributed by atoms with Gasteiger partial charge in [0.25, 0.3) is 5.91 Å². The van der Waals surface area contributed by atoms with Crippen molar-refractivity contribution in [3.8, 4) is 0 Å². The zero-order valence-corrected chi connectivity index (χ0v) is 26.8. The summed E-state index contributed by atoms with van der Waals surface area (Å²) in [5, 5.41) is 24.9. The third-order valence-electron chi connectivity index (χ3n) is 9.12. The molecule has 2 aliphatic rings. The molecule has 0 radical (unpaired) electrons. The van der Waals surface area contributed by atoms with Gasteiger partial charge in [-0.25, -0.2) is 0 Å². The Balaban J connectivity index is 1.75. The average molecular weight is 623 g/mol. The Morgan fingerprint density at radius 3 is 2.11 bits per heavy atom. The van der Waals surface area contributed by atoms with Crippen LogP contribution in [0.2, 0.25) is 0 Å². The van der Waals surface area contributed by atoms with E-state index in [4.69, 9.17) is 0 Å². The summed E-state index contributed by atoms with van der Waals surface area (Å²) >= 11 is 4.63. The first-order chi connectivity index (χ1) is 20.7. The second-order valence-electron chi connectivity index (χ2n) is 11.9. The van der Waals surface area contributed by atoms with E-state index in [1.807, 2.05) is 40.7 Å². The third kappa shape index (κ3) is 6.72. The summed E-state index contributed by atoms with van der Waals surface area (Å²) in [6, 6.07) is -0.212. The van der Waals surface area contributed by atoms with Gasteiger partial charge in [0.15, 0.2) is 0 Å². The Morgan fingerprint density at radius 2 is 1.57 bits per heavy atom. The molecule has 0 bridgehead atoms. The zero-order chi connectivity index (χ0) is 32.5. The molecule has 11 heteroatoms. The normalized spacial score (nSPS) is 21.6. The Kier molecular flexibility index (Phi) is 9.98. The molecule has 1 fully saturated rings. The lowest BCUT2D eigenvalue weighted by Gasteiger charge is -2.17. The van der Waals surface area contributed by atoms with Gasteiger partial charge in [0.05, 0.1) is 6.04 Å². The SMILES string of the molecule is C=CC1=C(C)[C@@H](Cc2[nH]c(Cc3[nH]c(/C=C4/NC(=O)[C@H](C)[C@H]4[C@@H](C)S)c(C)c3CCC(=O)O)c(CCC(=O)O)c2C)NC1=O. The number of carboxylic acid groups (broad SMARTS) is 2. The molecule has 1 saturated heterocycles. The topological polar surface area (TPSA) is 164 Å². The lowest BCUT2D eigenvalue weighted by molar-refractivity contribution is -0.138. The molecule has 0 aromatic carbocycles. The number of rotatable bonds is 13. The number of carbonyl (C=O) groups is 4. The predicted molar refractivity (Wildman–Crippen MR) is 172 cm³/mol. The summed E-state index contributed by atoms with van der Waals surface area (Å²) in [4.78, 5) is 55.0. The third-order valence-corrected chi connectivity index (χ3v) is 9.44. The number of H-pyrrole nitrogens is 2. The molecule has 2 aliphatic heterocycles. The minimum absolute atomic E-state index is 0.0427. The number of thiol groups is 1. The van der Waals surface area contributed by atoms with Crippen LogP contribution >= 0.6 is 12.6 Å². The van der Waals surface area contributed by atoms with E-state index in [0.29, 0.717) is 31.3 Å². The molecule has 2 aromatic heterocycles. The number of aromatic amines is 2. The quantitative estimate of drug-likeness (QED) is 0.166. The molecule has 10 nitrogen and oxygen atoms in total. The largest absolute Gasteiger partial charge is 0.481 e. The van der Waals surface area contributed by atoms with Crippen molar-refractivity contribution in [3.63, 3.8) is 0 Å². The standard InChI is InChI=1S/C33H42N4O6S/c1-7-20-15(2)25(36-33(20)43)12-23-16(3)21(8-10-29(38)39)26(34-23)14-27-22(9-11-30(40)41)17(4)24(35-27)13-28-31(19(6)44)18(5)32(42)37-28/h7,13,18-19,25,31,34-35,44H,1,8-12,14H2,2-6H3,(H,36,43)(H,37,42)(H,38,39)(H,40,41)/b28-13+/t18-,19-,25-,31+/m1/s1. The molecule has 4 atom stereocenters. The number of aliphatic carboxylic acids is 2. The molecule has 6 N–H and O–H groups in total. The van der Waals surface area contributed by atoms with Crippen molar-refractivity contribution in [3.05, 3.63) is 74.5 Å². The average Bonchev–Trinajstić information content (AvgIpc) is 3.59. The van der Waals surface area contributed by atoms with Crippen molar-refractivity contribution in [2.75, 3.05) is 0 Å². The van der Waals surface area contributed by atoms with E-state index in [2.05, 4.69) is 39.8 Å². The second kappa shape index (κ2) is 13.3. The van der Waals surface area contributed by atoms with E-state index in [-0.39, 0.29) is 47.8 Å². The van der Waals surface area contributed by atoms with Crippen molar-refractivity contribution in [2.24, 2.45) is 11.8 Å². The minimum Gasteiger partial charge on any atom is -0.481 e. The number of amides is 2. The first kappa shape index (κ1) is 32.9. The Labute approximate surface area is 262 Å². The molecule has 0 aliphatic carbocycles. The number of hydrogen-bond acceptors (Lipinski definition) is 5. The maximum atomic E-state index is 12.5. The van der Waals surface area contributed by atoms with Gasteiger partial charge in [0.2, 0.25) is 5.91 Å². The molecule has 4 rings (SSSR count). The predicted octanol–water partition coefficient (Wildman–Crippen LogP) is 4.17. The van der Waals surface area contributed by atoms with Gasteiger partial charge in [-0.2, -0.15) is 12.6 Å². The summed E-state index contributed by atoms with van der Waals surface area (Å²) in [6.45, 7) is 13.4. The summed E-state index contributed by atoms with van der Waals surface area (Å²) in [6.07, 6.45) is 4.93. The van der Waals surface area contributed by atoms with Crippen molar-refractivity contribution in [1.29, 1.82) is 0 Å². The van der Waals surface area contributed by atoms with Crippen LogP contribution in [0.4, 0.5) is 0 Å². The molecule has 4 heterocycles. The number of carbonyl (C=O) groups excluding carboxylic acids is 2. The Hall–Kier alpha value is -3.99. The summed E-state index contributed by atoms with van der Waals surface area (Å²) in [5.74, 6) is -2.34. The molecular formula is C33H42N4O6S. The summed E-state index contributed by atoms with van der Waals surface area (Å²) < 4.78 is 0. The van der Waals surface area contributed by atoms with Gasteiger partial charge in [-0.15, -0.1) is 0 Å². The highest BCUT2D eigenvalue weighted by atomic mass is 32.1. The Bertz CT molecular complexity index is 1580. The first-order valence-corrected chi connectivity index (χ1v) is 15.4. The van der Waals surface area contributed by atoms with Crippen LogP contribution in [0, 0.1) is 25.7 Å². The van der Waals surface area contributed by atoms with Gasteiger partial charge >= 0.3 is 11.9 Å². The maximum Gasteiger partial charge on any atom is 0.303 e. The van der Waals surface area contributed by atoms with E-state index in [0.717, 1.165) is 56.3 Å². The maximum absolute atomic E-state index is 12.5. The smallest absolute Gasteiger partial charge is 0.303 e. The van der Waals surface area contributed by atoms with Crippen LogP contribution in [0.25, 0.3) is 6.08 Å². The highest BCUT2D eigenvalue weighted by Gasteiger charge is 2.38. The highest BCUT2D eigenvalue weighted by Crippen LogP contribution is 2.35. The summed E-state index contributed by atoms with van der Waals surface area (Å²) in [5.41, 5.74) is 9.22. The fraction of sp³-hybridized carbons (Fsp3) is 0.455. The molecule has 0 saturated carbocycles. The van der Waals surface area contributed by atoms with Crippen LogP contribution < -0.4 is 10.6 Å². The fourth-order valence-corrected chi connectivity index (χ4v) is 6.98. The highest BCUT2D eigenvalue weighted by molar-refractivity contribution is 7.80. The van der Waals surface area contributed by atoms with Gasteiger partial charge in [0, 0.05) is 76.8 Å². The molecule has 0 spiro atoms.